The van der Waals surface area contributed by atoms with Gasteiger partial charge < -0.3 is 19.7 Å². The van der Waals surface area contributed by atoms with Crippen molar-refractivity contribution < 1.29 is 19.7 Å². The second-order valence-corrected chi connectivity index (χ2v) is 11.2. The molecule has 0 amide bonds. The number of benzene rings is 4. The average molecular weight is 571 g/mol. The largest absolute Gasteiger partial charge is 0.494 e. The molecule has 0 aliphatic carbocycles. The van der Waals surface area contributed by atoms with Gasteiger partial charge in [-0.15, -0.1) is 0 Å². The van der Waals surface area contributed by atoms with Gasteiger partial charge >= 0.3 is 9.75 Å². The van der Waals surface area contributed by atoms with Crippen molar-refractivity contribution >= 4 is 33.4 Å². The first-order valence-electron chi connectivity index (χ1n) is 12.3. The van der Waals surface area contributed by atoms with Crippen LogP contribution < -0.4 is 19.2 Å². The minimum absolute atomic E-state index is 0.0825. The van der Waals surface area contributed by atoms with E-state index in [-0.39, 0.29) is 21.5 Å². The summed E-state index contributed by atoms with van der Waals surface area (Å²) in [4.78, 5) is 28.2. The molecule has 8 nitrogen and oxygen atoms in total. The third-order valence-electron chi connectivity index (χ3n) is 6.23. The summed E-state index contributed by atoms with van der Waals surface area (Å²) in [5.41, 5.74) is 1.90. The van der Waals surface area contributed by atoms with Crippen LogP contribution >= 0.6 is 22.7 Å². The molecule has 0 saturated carbocycles. The van der Waals surface area contributed by atoms with Crippen molar-refractivity contribution in [2.75, 3.05) is 0 Å². The molecule has 6 rings (SSSR count). The Bertz CT molecular complexity index is 1780. The quantitative estimate of drug-likeness (QED) is 0.165. The first kappa shape index (κ1) is 25.5. The van der Waals surface area contributed by atoms with E-state index in [1.807, 2.05) is 84.9 Å². The number of nitrogens with one attached hydrogen (secondary N) is 2. The summed E-state index contributed by atoms with van der Waals surface area (Å²) in [6.07, 6.45) is 0.909. The van der Waals surface area contributed by atoms with Crippen LogP contribution in [0, 0.1) is 0 Å². The first-order valence-corrected chi connectivity index (χ1v) is 13.9. The van der Waals surface area contributed by atoms with Crippen molar-refractivity contribution in [3.05, 3.63) is 125 Å². The smallest absolute Gasteiger partial charge is 0.307 e. The summed E-state index contributed by atoms with van der Waals surface area (Å²) in [5, 5.41) is 21.6. The monoisotopic (exact) mass is 570 g/mol. The Morgan fingerprint density at radius 3 is 1.32 bits per heavy atom. The van der Waals surface area contributed by atoms with Gasteiger partial charge in [0.1, 0.15) is 23.0 Å². The molecule has 2 heterocycles. The summed E-state index contributed by atoms with van der Waals surface area (Å²) in [6, 6.07) is 26.7. The van der Waals surface area contributed by atoms with Crippen LogP contribution in [0.15, 0.2) is 94.5 Å². The minimum atomic E-state index is -0.276. The summed E-state index contributed by atoms with van der Waals surface area (Å²) in [7, 11) is 0. The zero-order valence-corrected chi connectivity index (χ0v) is 22.5. The van der Waals surface area contributed by atoms with Crippen molar-refractivity contribution in [1.29, 1.82) is 0 Å². The second-order valence-electron chi connectivity index (χ2n) is 9.09. The highest BCUT2D eigenvalue weighted by molar-refractivity contribution is 7.09. The molecule has 40 heavy (non-hydrogen) atoms. The Balaban J connectivity index is 1.13. The standard InChI is InChI=1S/C30H22N2O6S2/c33-27-25(39-29(35)31-27)13-17-1-7-21(8-2-17)37-23-11-5-19-6-12-24(16-20(19)15-23)38-22-9-3-18(4-10-22)14-26-28(34)32-30(36)40-26/h1-12,15-16,33-34H,13-14H2,(H,31,35)(H,32,36). The van der Waals surface area contributed by atoms with Gasteiger partial charge in [-0.2, -0.15) is 0 Å². The van der Waals surface area contributed by atoms with Gasteiger partial charge in [0.05, 0.1) is 9.75 Å². The predicted octanol–water partition coefficient (Wildman–Crippen LogP) is 6.52. The molecule has 0 atom stereocenters. The fraction of sp³-hybridized carbons (Fsp3) is 0.0667. The highest BCUT2D eigenvalue weighted by Gasteiger charge is 2.10. The summed E-state index contributed by atoms with van der Waals surface area (Å²) < 4.78 is 12.1. The maximum absolute atomic E-state index is 11.4. The normalized spacial score (nSPS) is 11.1. The summed E-state index contributed by atoms with van der Waals surface area (Å²) in [6.45, 7) is 0. The molecule has 6 aromatic rings. The fourth-order valence-corrected chi connectivity index (χ4v) is 5.78. The lowest BCUT2D eigenvalue weighted by atomic mass is 10.1. The number of aromatic nitrogens is 2. The molecule has 0 bridgehead atoms. The van der Waals surface area contributed by atoms with Crippen LogP contribution in [0.5, 0.6) is 34.8 Å². The molecule has 2 aromatic heterocycles. The molecule has 0 fully saturated rings. The highest BCUT2D eigenvalue weighted by Crippen LogP contribution is 2.31. The van der Waals surface area contributed by atoms with Crippen molar-refractivity contribution in [3.8, 4) is 34.8 Å². The first-order chi connectivity index (χ1) is 19.4. The van der Waals surface area contributed by atoms with E-state index in [9.17, 15) is 19.8 Å². The van der Waals surface area contributed by atoms with Crippen LogP contribution in [-0.4, -0.2) is 20.2 Å². The van der Waals surface area contributed by atoms with E-state index < -0.39 is 0 Å². The van der Waals surface area contributed by atoms with Gasteiger partial charge in [0, 0.05) is 12.8 Å². The van der Waals surface area contributed by atoms with Gasteiger partial charge in [-0.05, 0) is 70.4 Å². The maximum atomic E-state index is 11.4. The van der Waals surface area contributed by atoms with E-state index in [0.717, 1.165) is 44.6 Å². The third-order valence-corrected chi connectivity index (χ3v) is 7.97. The van der Waals surface area contributed by atoms with Crippen LogP contribution in [0.2, 0.25) is 0 Å². The van der Waals surface area contributed by atoms with Gasteiger partial charge in [-0.25, -0.2) is 0 Å². The van der Waals surface area contributed by atoms with Crippen LogP contribution in [-0.2, 0) is 12.8 Å². The van der Waals surface area contributed by atoms with Crippen molar-refractivity contribution in [2.45, 2.75) is 12.8 Å². The molecule has 0 aliphatic rings. The Hall–Kier alpha value is -4.80. The van der Waals surface area contributed by atoms with E-state index >= 15 is 0 Å². The lowest BCUT2D eigenvalue weighted by Gasteiger charge is -2.10. The molecule has 0 saturated heterocycles. The fourth-order valence-electron chi connectivity index (χ4n) is 4.27. The van der Waals surface area contributed by atoms with E-state index in [1.165, 1.54) is 0 Å². The summed E-state index contributed by atoms with van der Waals surface area (Å²) in [5.74, 6) is 2.53. The second kappa shape index (κ2) is 10.8. The number of thiazole rings is 2. The zero-order chi connectivity index (χ0) is 27.6. The van der Waals surface area contributed by atoms with Gasteiger partial charge in [-0.1, -0.05) is 59.1 Å². The highest BCUT2D eigenvalue weighted by atomic mass is 32.1. The average Bonchev–Trinajstić information content (AvgIpc) is 3.43. The number of hydrogen-bond acceptors (Lipinski definition) is 8. The number of rotatable bonds is 8. The molecule has 0 radical (unpaired) electrons. The number of ether oxygens (including phenoxy) is 2. The van der Waals surface area contributed by atoms with Crippen LogP contribution in [0.25, 0.3) is 10.8 Å². The maximum Gasteiger partial charge on any atom is 0.307 e. The summed E-state index contributed by atoms with van der Waals surface area (Å²) >= 11 is 2.00. The minimum Gasteiger partial charge on any atom is -0.494 e. The molecular formula is C30H22N2O6S2. The molecule has 0 spiro atoms. The van der Waals surface area contributed by atoms with Crippen molar-refractivity contribution in [1.82, 2.24) is 9.97 Å². The SMILES string of the molecule is O=c1[nH]c(O)c(Cc2ccc(Oc3ccc4ccc(Oc5ccc(Cc6sc(=O)[nH]c6O)cc5)cc4c3)cc2)s1. The van der Waals surface area contributed by atoms with E-state index in [1.54, 1.807) is 0 Å². The molecule has 4 N–H and O–H groups in total. The van der Waals surface area contributed by atoms with Gasteiger partial charge in [-0.3, -0.25) is 19.6 Å². The van der Waals surface area contributed by atoms with Gasteiger partial charge in [0.15, 0.2) is 0 Å². The Morgan fingerprint density at radius 2 is 0.950 bits per heavy atom. The van der Waals surface area contributed by atoms with Crippen LogP contribution in [0.4, 0.5) is 0 Å². The Labute approximate surface area is 235 Å². The van der Waals surface area contributed by atoms with E-state index in [0.29, 0.717) is 45.6 Å². The van der Waals surface area contributed by atoms with Crippen molar-refractivity contribution in [2.24, 2.45) is 0 Å². The Kier molecular flexibility index (Phi) is 6.85. The third kappa shape index (κ3) is 5.78. The lowest BCUT2D eigenvalue weighted by Crippen LogP contribution is -1.89. The molecular weight excluding hydrogens is 548 g/mol. The van der Waals surface area contributed by atoms with Crippen molar-refractivity contribution in [3.63, 3.8) is 0 Å². The van der Waals surface area contributed by atoms with Gasteiger partial charge in [0.25, 0.3) is 0 Å². The molecule has 0 unspecified atom stereocenters. The Morgan fingerprint density at radius 1 is 0.550 bits per heavy atom. The lowest BCUT2D eigenvalue weighted by molar-refractivity contribution is 0.450. The van der Waals surface area contributed by atoms with E-state index in [2.05, 4.69) is 9.97 Å². The molecule has 4 aromatic carbocycles. The van der Waals surface area contributed by atoms with Gasteiger partial charge in [0.2, 0.25) is 11.8 Å². The number of hydrogen-bond donors (Lipinski definition) is 4. The molecule has 200 valence electrons. The number of aromatic hydroxyl groups is 2. The number of fused-ring (bicyclic) bond motifs is 1. The topological polar surface area (TPSA) is 125 Å². The predicted molar refractivity (Wildman–Crippen MR) is 156 cm³/mol. The zero-order valence-electron chi connectivity index (χ0n) is 20.8. The van der Waals surface area contributed by atoms with E-state index in [4.69, 9.17) is 9.47 Å². The molecule has 10 heteroatoms. The van der Waals surface area contributed by atoms with Crippen LogP contribution in [0.3, 0.4) is 0 Å². The number of H-pyrrole nitrogens is 2. The van der Waals surface area contributed by atoms with Crippen LogP contribution in [0.1, 0.15) is 20.9 Å². The molecule has 0 aliphatic heterocycles. The number of aromatic amines is 2.